The molecule has 0 saturated heterocycles. The van der Waals surface area contributed by atoms with Crippen molar-refractivity contribution in [1.82, 2.24) is 0 Å². The van der Waals surface area contributed by atoms with E-state index in [1.54, 1.807) is 6.07 Å². The molecule has 0 aliphatic carbocycles. The molecule has 1 nitrogen and oxygen atoms in total. The van der Waals surface area contributed by atoms with Crippen LogP contribution in [0.15, 0.2) is 78.9 Å². The number of hydrogen-bond donors (Lipinski definition) is 1. The molecule has 5 aromatic rings. The topological polar surface area (TPSA) is 20.2 Å². The van der Waals surface area contributed by atoms with Gasteiger partial charge in [0, 0.05) is 0 Å². The number of rotatable bonds is 0. The van der Waals surface area contributed by atoms with Crippen LogP contribution in [0.25, 0.3) is 43.1 Å². The zero-order valence-corrected chi connectivity index (χ0v) is 12.5. The molecule has 0 aliphatic heterocycles. The van der Waals surface area contributed by atoms with Gasteiger partial charge in [0.15, 0.2) is 0 Å². The zero-order valence-electron chi connectivity index (χ0n) is 12.5. The Balaban J connectivity index is 2.21. The van der Waals surface area contributed by atoms with Crippen LogP contribution in [0.2, 0.25) is 0 Å². The van der Waals surface area contributed by atoms with E-state index in [9.17, 15) is 5.11 Å². The normalized spacial score (nSPS) is 11.7. The van der Waals surface area contributed by atoms with E-state index < -0.39 is 0 Å². The van der Waals surface area contributed by atoms with Gasteiger partial charge in [-0.05, 0) is 55.2 Å². The molecule has 0 aromatic heterocycles. The summed E-state index contributed by atoms with van der Waals surface area (Å²) in [7, 11) is 0. The summed E-state index contributed by atoms with van der Waals surface area (Å²) in [6.45, 7) is 0. The number of hydrogen-bond acceptors (Lipinski definition) is 1. The highest BCUT2D eigenvalue weighted by Gasteiger charge is 2.11. The van der Waals surface area contributed by atoms with Crippen LogP contribution in [-0.2, 0) is 0 Å². The van der Waals surface area contributed by atoms with Crippen molar-refractivity contribution in [2.24, 2.45) is 0 Å². The minimum atomic E-state index is 0.308. The molecule has 0 amide bonds. The Kier molecular flexibility index (Phi) is 2.42. The molecule has 5 rings (SSSR count). The third kappa shape index (κ3) is 1.68. The van der Waals surface area contributed by atoms with Crippen LogP contribution in [0.5, 0.6) is 5.75 Å². The largest absolute Gasteiger partial charge is 0.508 e. The zero-order chi connectivity index (χ0) is 15.4. The van der Waals surface area contributed by atoms with Crippen molar-refractivity contribution in [2.45, 2.75) is 0 Å². The summed E-state index contributed by atoms with van der Waals surface area (Å²) in [4.78, 5) is 0. The van der Waals surface area contributed by atoms with Gasteiger partial charge in [0.25, 0.3) is 0 Å². The summed E-state index contributed by atoms with van der Waals surface area (Å²) in [5, 5.41) is 19.7. The molecule has 1 heteroatoms. The van der Waals surface area contributed by atoms with E-state index in [1.807, 2.05) is 12.1 Å². The van der Waals surface area contributed by atoms with Crippen LogP contribution in [0.3, 0.4) is 0 Å². The minimum absolute atomic E-state index is 0.308. The Morgan fingerprint density at radius 2 is 1.09 bits per heavy atom. The molecular formula is C22H14O. The van der Waals surface area contributed by atoms with Crippen LogP contribution in [0.4, 0.5) is 0 Å². The molecule has 0 bridgehead atoms. The van der Waals surface area contributed by atoms with Gasteiger partial charge >= 0.3 is 0 Å². The average Bonchev–Trinajstić information content (AvgIpc) is 2.61. The maximum atomic E-state index is 9.93. The van der Waals surface area contributed by atoms with Crippen molar-refractivity contribution in [2.75, 3.05) is 0 Å². The van der Waals surface area contributed by atoms with E-state index in [4.69, 9.17) is 0 Å². The molecule has 0 unspecified atom stereocenters. The van der Waals surface area contributed by atoms with Crippen LogP contribution in [0, 0.1) is 0 Å². The second-order valence-electron chi connectivity index (χ2n) is 5.98. The summed E-state index contributed by atoms with van der Waals surface area (Å²) in [6, 6.07) is 27.0. The van der Waals surface area contributed by atoms with Crippen molar-refractivity contribution in [3.05, 3.63) is 78.9 Å². The fourth-order valence-corrected chi connectivity index (χ4v) is 3.71. The van der Waals surface area contributed by atoms with Crippen LogP contribution < -0.4 is 0 Å². The molecular weight excluding hydrogens is 280 g/mol. The number of fused-ring (bicyclic) bond motifs is 8. The molecule has 108 valence electrons. The van der Waals surface area contributed by atoms with E-state index in [1.165, 1.54) is 37.7 Å². The second kappa shape index (κ2) is 4.47. The highest BCUT2D eigenvalue weighted by Crippen LogP contribution is 2.39. The highest BCUT2D eigenvalue weighted by molar-refractivity contribution is 6.31. The highest BCUT2D eigenvalue weighted by atomic mass is 16.3. The molecule has 23 heavy (non-hydrogen) atoms. The van der Waals surface area contributed by atoms with Crippen LogP contribution >= 0.6 is 0 Å². The predicted octanol–water partition coefficient (Wildman–Crippen LogP) is 6.01. The Hall–Kier alpha value is -3.06. The molecule has 1 N–H and O–H groups in total. The lowest BCUT2D eigenvalue weighted by atomic mass is 9.91. The Bertz CT molecular complexity index is 1200. The van der Waals surface area contributed by atoms with Gasteiger partial charge < -0.3 is 5.11 Å². The van der Waals surface area contributed by atoms with Crippen LogP contribution in [-0.4, -0.2) is 5.11 Å². The molecule has 0 atom stereocenters. The minimum Gasteiger partial charge on any atom is -0.508 e. The fraction of sp³-hybridized carbons (Fsp3) is 0. The first-order chi connectivity index (χ1) is 11.3. The van der Waals surface area contributed by atoms with Crippen molar-refractivity contribution in [1.29, 1.82) is 0 Å². The van der Waals surface area contributed by atoms with Crippen molar-refractivity contribution < 1.29 is 5.11 Å². The van der Waals surface area contributed by atoms with Gasteiger partial charge in [-0.2, -0.15) is 0 Å². The first-order valence-corrected chi connectivity index (χ1v) is 7.78. The SMILES string of the molecule is Oc1ccc2c(c1)c1ccccc1c1c3ccccc3ccc21. The van der Waals surface area contributed by atoms with Gasteiger partial charge in [-0.1, -0.05) is 66.7 Å². The summed E-state index contributed by atoms with van der Waals surface area (Å²) in [6.07, 6.45) is 0. The first-order valence-electron chi connectivity index (χ1n) is 7.78. The van der Waals surface area contributed by atoms with Gasteiger partial charge in [0.2, 0.25) is 0 Å². The molecule has 5 aromatic carbocycles. The maximum absolute atomic E-state index is 9.93. The Labute approximate surface area is 133 Å². The molecule has 0 aliphatic rings. The number of phenolic OH excluding ortho intramolecular Hbond substituents is 1. The monoisotopic (exact) mass is 294 g/mol. The lowest BCUT2D eigenvalue weighted by Gasteiger charge is -2.13. The third-order valence-electron chi connectivity index (χ3n) is 4.71. The summed E-state index contributed by atoms with van der Waals surface area (Å²) in [5.74, 6) is 0.308. The average molecular weight is 294 g/mol. The fourth-order valence-electron chi connectivity index (χ4n) is 3.71. The first kappa shape index (κ1) is 12.5. The van der Waals surface area contributed by atoms with Crippen molar-refractivity contribution >= 4 is 43.1 Å². The smallest absolute Gasteiger partial charge is 0.116 e. The third-order valence-corrected chi connectivity index (χ3v) is 4.71. The van der Waals surface area contributed by atoms with E-state index in [2.05, 4.69) is 60.7 Å². The van der Waals surface area contributed by atoms with Crippen molar-refractivity contribution in [3.8, 4) is 5.75 Å². The van der Waals surface area contributed by atoms with Crippen molar-refractivity contribution in [3.63, 3.8) is 0 Å². The van der Waals surface area contributed by atoms with E-state index in [0.29, 0.717) is 5.75 Å². The Morgan fingerprint density at radius 3 is 1.96 bits per heavy atom. The molecule has 0 heterocycles. The number of aromatic hydroxyl groups is 1. The predicted molar refractivity (Wildman–Crippen MR) is 98.1 cm³/mol. The lowest BCUT2D eigenvalue weighted by Crippen LogP contribution is -1.85. The number of phenols is 1. The van der Waals surface area contributed by atoms with E-state index in [0.717, 1.165) is 5.39 Å². The van der Waals surface area contributed by atoms with Gasteiger partial charge in [-0.25, -0.2) is 0 Å². The van der Waals surface area contributed by atoms with E-state index in [-0.39, 0.29) is 0 Å². The summed E-state index contributed by atoms with van der Waals surface area (Å²) >= 11 is 0. The quantitative estimate of drug-likeness (QED) is 0.347. The molecule has 0 spiro atoms. The number of benzene rings is 5. The molecule has 0 fully saturated rings. The second-order valence-corrected chi connectivity index (χ2v) is 5.98. The van der Waals surface area contributed by atoms with Gasteiger partial charge in [-0.15, -0.1) is 0 Å². The lowest BCUT2D eigenvalue weighted by molar-refractivity contribution is 0.476. The summed E-state index contributed by atoms with van der Waals surface area (Å²) in [5.41, 5.74) is 0. The Morgan fingerprint density at radius 1 is 0.478 bits per heavy atom. The van der Waals surface area contributed by atoms with Gasteiger partial charge in [0.1, 0.15) is 5.75 Å². The standard InChI is InChI=1S/C22H14O/c23-15-10-12-18-20-11-9-14-5-1-2-6-16(14)22(20)19-8-4-3-7-17(19)21(18)13-15/h1-13,23H. The molecule has 0 radical (unpaired) electrons. The van der Waals surface area contributed by atoms with Gasteiger partial charge in [0.05, 0.1) is 0 Å². The molecule has 0 saturated carbocycles. The van der Waals surface area contributed by atoms with Crippen LogP contribution in [0.1, 0.15) is 0 Å². The van der Waals surface area contributed by atoms with E-state index >= 15 is 0 Å². The van der Waals surface area contributed by atoms with Gasteiger partial charge in [-0.3, -0.25) is 0 Å². The summed E-state index contributed by atoms with van der Waals surface area (Å²) < 4.78 is 0. The maximum Gasteiger partial charge on any atom is 0.116 e.